The molecule has 0 spiro atoms. The zero-order valence-corrected chi connectivity index (χ0v) is 9.47. The van der Waals surface area contributed by atoms with Gasteiger partial charge in [0, 0.05) is 0 Å². The van der Waals surface area contributed by atoms with Crippen LogP contribution in [-0.2, 0) is 9.47 Å². The van der Waals surface area contributed by atoms with Crippen LogP contribution in [0.5, 0.6) is 0 Å². The lowest BCUT2D eigenvalue weighted by Gasteiger charge is -2.16. The molecule has 0 aliphatic carbocycles. The second kappa shape index (κ2) is 6.43. The minimum absolute atomic E-state index is 0.133. The first-order valence-electron chi connectivity index (χ1n) is 5.09. The highest BCUT2D eigenvalue weighted by molar-refractivity contribution is 5.65. The SMILES string of the molecule is NC(=O)OCC(COC(N)=O)c1cccc(F)c1. The molecule has 1 aromatic carbocycles. The maximum absolute atomic E-state index is 13.1. The zero-order valence-electron chi connectivity index (χ0n) is 9.47. The van der Waals surface area contributed by atoms with Gasteiger partial charge in [0.1, 0.15) is 19.0 Å². The summed E-state index contributed by atoms with van der Waals surface area (Å²) in [6, 6.07) is 5.62. The van der Waals surface area contributed by atoms with Gasteiger partial charge in [-0.15, -0.1) is 0 Å². The first kappa shape index (κ1) is 13.8. The fourth-order valence-corrected chi connectivity index (χ4v) is 1.37. The van der Waals surface area contributed by atoms with Crippen molar-refractivity contribution in [1.29, 1.82) is 0 Å². The summed E-state index contributed by atoms with van der Waals surface area (Å²) in [5.41, 5.74) is 10.2. The van der Waals surface area contributed by atoms with Crippen LogP contribution in [0.25, 0.3) is 0 Å². The van der Waals surface area contributed by atoms with Crippen molar-refractivity contribution >= 4 is 12.2 Å². The smallest absolute Gasteiger partial charge is 0.404 e. The molecule has 2 amide bonds. The lowest BCUT2D eigenvalue weighted by Crippen LogP contribution is -2.23. The molecule has 0 radical (unpaired) electrons. The molecule has 0 saturated carbocycles. The molecule has 6 nitrogen and oxygen atoms in total. The third-order valence-electron chi connectivity index (χ3n) is 2.17. The Balaban J connectivity index is 2.75. The summed E-state index contributed by atoms with van der Waals surface area (Å²) in [5, 5.41) is 0. The molecule has 0 aliphatic rings. The van der Waals surface area contributed by atoms with E-state index in [9.17, 15) is 14.0 Å². The Morgan fingerprint density at radius 1 is 1.17 bits per heavy atom. The van der Waals surface area contributed by atoms with Crippen LogP contribution in [0.2, 0.25) is 0 Å². The third kappa shape index (κ3) is 4.69. The highest BCUT2D eigenvalue weighted by Crippen LogP contribution is 2.18. The van der Waals surface area contributed by atoms with Crippen LogP contribution in [0.15, 0.2) is 24.3 Å². The van der Waals surface area contributed by atoms with Crippen molar-refractivity contribution < 1.29 is 23.5 Å². The minimum Gasteiger partial charge on any atom is -0.449 e. The highest BCUT2D eigenvalue weighted by Gasteiger charge is 2.16. The molecule has 0 aromatic heterocycles. The largest absolute Gasteiger partial charge is 0.449 e. The summed E-state index contributed by atoms with van der Waals surface area (Å²) >= 11 is 0. The number of carbonyl (C=O) groups excluding carboxylic acids is 2. The standard InChI is InChI=1S/C11H13FN2O4/c12-9-3-1-2-7(4-9)8(5-17-10(13)15)6-18-11(14)16/h1-4,8H,5-6H2,(H2,13,15)(H2,14,16). The predicted octanol–water partition coefficient (Wildman–Crippen LogP) is 1.10. The van der Waals surface area contributed by atoms with E-state index in [2.05, 4.69) is 9.47 Å². The maximum Gasteiger partial charge on any atom is 0.404 e. The van der Waals surface area contributed by atoms with E-state index < -0.39 is 23.9 Å². The van der Waals surface area contributed by atoms with Crippen LogP contribution in [0.1, 0.15) is 11.5 Å². The molecular weight excluding hydrogens is 243 g/mol. The Bertz CT molecular complexity index is 421. The molecule has 4 N–H and O–H groups in total. The Morgan fingerprint density at radius 3 is 2.17 bits per heavy atom. The number of halogens is 1. The van der Waals surface area contributed by atoms with Gasteiger partial charge < -0.3 is 20.9 Å². The van der Waals surface area contributed by atoms with Gasteiger partial charge in [0.05, 0.1) is 5.92 Å². The molecular formula is C11H13FN2O4. The summed E-state index contributed by atoms with van der Waals surface area (Å²) in [5.74, 6) is -0.976. The van der Waals surface area contributed by atoms with Crippen molar-refractivity contribution in [1.82, 2.24) is 0 Å². The molecule has 0 saturated heterocycles. The Morgan fingerprint density at radius 2 is 1.72 bits per heavy atom. The Labute approximate surface area is 103 Å². The average molecular weight is 256 g/mol. The summed E-state index contributed by atoms with van der Waals surface area (Å²) in [4.78, 5) is 21.1. The second-order valence-electron chi connectivity index (χ2n) is 3.51. The molecule has 0 unspecified atom stereocenters. The number of ether oxygens (including phenoxy) is 2. The number of hydrogen-bond donors (Lipinski definition) is 2. The van der Waals surface area contributed by atoms with Gasteiger partial charge in [-0.3, -0.25) is 0 Å². The summed E-state index contributed by atoms with van der Waals surface area (Å²) in [6.45, 7) is -0.266. The molecule has 1 rings (SSSR count). The van der Waals surface area contributed by atoms with Crippen LogP contribution in [0, 0.1) is 5.82 Å². The predicted molar refractivity (Wildman–Crippen MR) is 60.2 cm³/mol. The van der Waals surface area contributed by atoms with Crippen molar-refractivity contribution in [3.8, 4) is 0 Å². The molecule has 0 aliphatic heterocycles. The molecule has 98 valence electrons. The van der Waals surface area contributed by atoms with E-state index in [-0.39, 0.29) is 13.2 Å². The van der Waals surface area contributed by atoms with E-state index in [0.29, 0.717) is 5.56 Å². The second-order valence-corrected chi connectivity index (χ2v) is 3.51. The summed E-state index contributed by atoms with van der Waals surface area (Å²) < 4.78 is 22.3. The van der Waals surface area contributed by atoms with Crippen LogP contribution < -0.4 is 11.5 Å². The molecule has 0 atom stereocenters. The van der Waals surface area contributed by atoms with Gasteiger partial charge in [-0.05, 0) is 17.7 Å². The van der Waals surface area contributed by atoms with Crippen molar-refractivity contribution in [2.75, 3.05) is 13.2 Å². The van der Waals surface area contributed by atoms with Gasteiger partial charge >= 0.3 is 12.2 Å². The van der Waals surface area contributed by atoms with Gasteiger partial charge in [-0.1, -0.05) is 12.1 Å². The number of benzene rings is 1. The Hall–Kier alpha value is -2.31. The average Bonchev–Trinajstić information content (AvgIpc) is 2.28. The number of amides is 2. The number of primary amides is 2. The van der Waals surface area contributed by atoms with Crippen LogP contribution in [-0.4, -0.2) is 25.4 Å². The van der Waals surface area contributed by atoms with Crippen molar-refractivity contribution in [3.05, 3.63) is 35.6 Å². The van der Waals surface area contributed by atoms with E-state index in [1.54, 1.807) is 6.07 Å². The monoisotopic (exact) mass is 256 g/mol. The number of nitrogens with two attached hydrogens (primary N) is 2. The molecule has 0 fully saturated rings. The number of rotatable bonds is 5. The first-order valence-corrected chi connectivity index (χ1v) is 5.09. The summed E-state index contributed by atoms with van der Waals surface area (Å²) in [7, 11) is 0. The van der Waals surface area contributed by atoms with Crippen molar-refractivity contribution in [2.45, 2.75) is 5.92 Å². The van der Waals surface area contributed by atoms with Crippen molar-refractivity contribution in [3.63, 3.8) is 0 Å². The lowest BCUT2D eigenvalue weighted by atomic mass is 10.0. The van der Waals surface area contributed by atoms with Gasteiger partial charge in [0.2, 0.25) is 0 Å². The highest BCUT2D eigenvalue weighted by atomic mass is 19.1. The van der Waals surface area contributed by atoms with Gasteiger partial charge in [-0.2, -0.15) is 0 Å². The molecule has 7 heteroatoms. The molecule has 1 aromatic rings. The normalized spacial score (nSPS) is 10.1. The van der Waals surface area contributed by atoms with E-state index >= 15 is 0 Å². The van der Waals surface area contributed by atoms with Gasteiger partial charge in [-0.25, -0.2) is 14.0 Å². The van der Waals surface area contributed by atoms with Gasteiger partial charge in [0.15, 0.2) is 0 Å². The topological polar surface area (TPSA) is 105 Å². The minimum atomic E-state index is -0.963. The lowest BCUT2D eigenvalue weighted by molar-refractivity contribution is 0.116. The van der Waals surface area contributed by atoms with E-state index in [4.69, 9.17) is 11.5 Å². The zero-order chi connectivity index (χ0) is 13.5. The Kier molecular flexibility index (Phi) is 4.91. The summed E-state index contributed by atoms with van der Waals surface area (Å²) in [6.07, 6.45) is -1.93. The first-order chi connectivity index (χ1) is 8.49. The quantitative estimate of drug-likeness (QED) is 0.822. The maximum atomic E-state index is 13.1. The van der Waals surface area contributed by atoms with E-state index in [0.717, 1.165) is 0 Å². The molecule has 0 bridgehead atoms. The van der Waals surface area contributed by atoms with E-state index in [1.807, 2.05) is 0 Å². The van der Waals surface area contributed by atoms with Gasteiger partial charge in [0.25, 0.3) is 0 Å². The van der Waals surface area contributed by atoms with Crippen molar-refractivity contribution in [2.24, 2.45) is 11.5 Å². The third-order valence-corrected chi connectivity index (χ3v) is 2.17. The molecule has 0 heterocycles. The van der Waals surface area contributed by atoms with Crippen LogP contribution >= 0.6 is 0 Å². The van der Waals surface area contributed by atoms with Crippen LogP contribution in [0.4, 0.5) is 14.0 Å². The number of carbonyl (C=O) groups is 2. The van der Waals surface area contributed by atoms with E-state index in [1.165, 1.54) is 18.2 Å². The fourth-order valence-electron chi connectivity index (χ4n) is 1.37. The van der Waals surface area contributed by atoms with Crippen LogP contribution in [0.3, 0.4) is 0 Å². The number of hydrogen-bond acceptors (Lipinski definition) is 4. The molecule has 18 heavy (non-hydrogen) atoms. The fraction of sp³-hybridized carbons (Fsp3) is 0.273.